The number of rotatable bonds is 5. The second-order valence-electron chi connectivity index (χ2n) is 4.01. The van der Waals surface area contributed by atoms with Crippen LogP contribution in [-0.2, 0) is 9.63 Å². The van der Waals surface area contributed by atoms with Gasteiger partial charge in [-0.05, 0) is 0 Å². The fourth-order valence-corrected chi connectivity index (χ4v) is 1.66. The molecule has 0 spiro atoms. The van der Waals surface area contributed by atoms with Crippen molar-refractivity contribution in [2.45, 2.75) is 0 Å². The van der Waals surface area contributed by atoms with Gasteiger partial charge in [-0.3, -0.25) is 10.2 Å². The number of nitrogens with one attached hydrogen (secondary N) is 1. The van der Waals surface area contributed by atoms with Crippen molar-refractivity contribution in [2.75, 3.05) is 6.61 Å². The Labute approximate surface area is 117 Å². The fourth-order valence-electron chi connectivity index (χ4n) is 1.66. The quantitative estimate of drug-likeness (QED) is 0.373. The maximum absolute atomic E-state index is 11.0. The smallest absolute Gasteiger partial charge is 0.274 e. The summed E-state index contributed by atoms with van der Waals surface area (Å²) < 4.78 is 0. The van der Waals surface area contributed by atoms with Crippen molar-refractivity contribution < 1.29 is 9.63 Å². The summed E-state index contributed by atoms with van der Waals surface area (Å²) in [5.41, 5.74) is 4.47. The molecule has 0 aliphatic carbocycles. The number of amides is 1. The van der Waals surface area contributed by atoms with Crippen LogP contribution in [-0.4, -0.2) is 18.2 Å². The summed E-state index contributed by atoms with van der Waals surface area (Å²) in [4.78, 5) is 16.1. The standard InChI is InChI=1S/C15H15N3O2/c16-17-14(19)11-20-18-15(12-7-3-1-4-8-12)13-9-5-2-6-10-13/h1-10H,11,16H2,(H,17,19). The average Bonchev–Trinajstić information content (AvgIpc) is 2.53. The SMILES string of the molecule is NNC(=O)CON=C(c1ccccc1)c1ccccc1. The van der Waals surface area contributed by atoms with Gasteiger partial charge in [-0.2, -0.15) is 0 Å². The third-order valence-corrected chi connectivity index (χ3v) is 2.61. The van der Waals surface area contributed by atoms with Crippen LogP contribution in [0.5, 0.6) is 0 Å². The molecule has 0 bridgehead atoms. The second kappa shape index (κ2) is 7.06. The van der Waals surface area contributed by atoms with Gasteiger partial charge in [0.15, 0.2) is 6.61 Å². The van der Waals surface area contributed by atoms with Gasteiger partial charge in [-0.1, -0.05) is 65.8 Å². The van der Waals surface area contributed by atoms with Gasteiger partial charge in [0.05, 0.1) is 0 Å². The normalized spacial score (nSPS) is 9.65. The summed E-state index contributed by atoms with van der Waals surface area (Å²) in [6.45, 7) is -0.223. The zero-order valence-corrected chi connectivity index (χ0v) is 10.8. The van der Waals surface area contributed by atoms with Crippen LogP contribution in [0.25, 0.3) is 0 Å². The van der Waals surface area contributed by atoms with Crippen molar-refractivity contribution in [3.63, 3.8) is 0 Å². The molecule has 0 radical (unpaired) electrons. The Morgan fingerprint density at radius 1 is 1.00 bits per heavy atom. The lowest BCUT2D eigenvalue weighted by molar-refractivity contribution is -0.125. The maximum Gasteiger partial charge on any atom is 0.274 e. The molecular formula is C15H15N3O2. The summed E-state index contributed by atoms with van der Waals surface area (Å²) in [6, 6.07) is 19.2. The first kappa shape index (κ1) is 13.8. The highest BCUT2D eigenvalue weighted by Gasteiger charge is 2.07. The fraction of sp³-hybridized carbons (Fsp3) is 0.0667. The Morgan fingerprint density at radius 3 is 1.95 bits per heavy atom. The molecular weight excluding hydrogens is 254 g/mol. The number of nitrogens with zero attached hydrogens (tertiary/aromatic N) is 1. The van der Waals surface area contributed by atoms with Gasteiger partial charge in [0.2, 0.25) is 0 Å². The van der Waals surface area contributed by atoms with E-state index in [1.54, 1.807) is 0 Å². The largest absolute Gasteiger partial charge is 0.385 e. The minimum absolute atomic E-state index is 0.223. The van der Waals surface area contributed by atoms with Gasteiger partial charge in [-0.15, -0.1) is 0 Å². The van der Waals surface area contributed by atoms with E-state index in [1.807, 2.05) is 66.1 Å². The molecule has 3 N–H and O–H groups in total. The average molecular weight is 269 g/mol. The molecule has 0 saturated carbocycles. The van der Waals surface area contributed by atoms with Crippen LogP contribution in [0.1, 0.15) is 11.1 Å². The summed E-state index contributed by atoms with van der Waals surface area (Å²) in [5.74, 6) is 4.55. The number of carbonyl (C=O) groups excluding carboxylic acids is 1. The molecule has 5 nitrogen and oxygen atoms in total. The second-order valence-corrected chi connectivity index (χ2v) is 4.01. The predicted molar refractivity (Wildman–Crippen MR) is 76.8 cm³/mol. The number of benzene rings is 2. The highest BCUT2D eigenvalue weighted by Crippen LogP contribution is 2.11. The molecule has 0 aliphatic heterocycles. The minimum atomic E-state index is -0.436. The Hall–Kier alpha value is -2.66. The van der Waals surface area contributed by atoms with Crippen LogP contribution in [0.2, 0.25) is 0 Å². The lowest BCUT2D eigenvalue weighted by Crippen LogP contribution is -2.33. The van der Waals surface area contributed by atoms with Crippen molar-refractivity contribution in [3.8, 4) is 0 Å². The molecule has 102 valence electrons. The van der Waals surface area contributed by atoms with E-state index in [4.69, 9.17) is 10.7 Å². The molecule has 0 heterocycles. The van der Waals surface area contributed by atoms with E-state index in [0.29, 0.717) is 5.71 Å². The first-order chi connectivity index (χ1) is 9.81. The number of hydrogen-bond donors (Lipinski definition) is 2. The van der Waals surface area contributed by atoms with Crippen molar-refractivity contribution in [3.05, 3.63) is 71.8 Å². The van der Waals surface area contributed by atoms with E-state index in [1.165, 1.54) is 0 Å². The molecule has 20 heavy (non-hydrogen) atoms. The first-order valence-corrected chi connectivity index (χ1v) is 6.11. The molecule has 1 amide bonds. The van der Waals surface area contributed by atoms with Crippen LogP contribution < -0.4 is 11.3 Å². The van der Waals surface area contributed by atoms with E-state index in [2.05, 4.69) is 5.16 Å². The third-order valence-electron chi connectivity index (χ3n) is 2.61. The molecule has 5 heteroatoms. The van der Waals surface area contributed by atoms with Crippen LogP contribution in [0.4, 0.5) is 0 Å². The van der Waals surface area contributed by atoms with Crippen molar-refractivity contribution >= 4 is 11.6 Å². The van der Waals surface area contributed by atoms with Crippen LogP contribution >= 0.6 is 0 Å². The number of carbonyl (C=O) groups is 1. The van der Waals surface area contributed by atoms with Crippen molar-refractivity contribution in [1.82, 2.24) is 5.43 Å². The van der Waals surface area contributed by atoms with E-state index in [0.717, 1.165) is 11.1 Å². The van der Waals surface area contributed by atoms with Crippen LogP contribution in [0, 0.1) is 0 Å². The third kappa shape index (κ3) is 3.66. The van der Waals surface area contributed by atoms with Gasteiger partial charge < -0.3 is 4.84 Å². The molecule has 0 atom stereocenters. The van der Waals surface area contributed by atoms with E-state index in [9.17, 15) is 4.79 Å². The zero-order valence-electron chi connectivity index (χ0n) is 10.8. The molecule has 0 saturated heterocycles. The topological polar surface area (TPSA) is 76.7 Å². The molecule has 0 aromatic heterocycles. The molecule has 0 unspecified atom stereocenters. The molecule has 0 aliphatic rings. The van der Waals surface area contributed by atoms with Gasteiger partial charge in [0.25, 0.3) is 5.91 Å². The number of hydrazine groups is 1. The molecule has 2 rings (SSSR count). The van der Waals surface area contributed by atoms with Gasteiger partial charge in [0.1, 0.15) is 5.71 Å². The summed E-state index contributed by atoms with van der Waals surface area (Å²) in [7, 11) is 0. The number of hydrogen-bond acceptors (Lipinski definition) is 4. The maximum atomic E-state index is 11.0. The van der Waals surface area contributed by atoms with E-state index >= 15 is 0 Å². The molecule has 0 fully saturated rings. The molecule has 2 aromatic rings. The number of oxime groups is 1. The first-order valence-electron chi connectivity index (χ1n) is 6.11. The summed E-state index contributed by atoms with van der Waals surface area (Å²) >= 11 is 0. The van der Waals surface area contributed by atoms with Crippen molar-refractivity contribution in [1.29, 1.82) is 0 Å². The van der Waals surface area contributed by atoms with Gasteiger partial charge >= 0.3 is 0 Å². The van der Waals surface area contributed by atoms with Crippen molar-refractivity contribution in [2.24, 2.45) is 11.0 Å². The Morgan fingerprint density at radius 2 is 1.50 bits per heavy atom. The van der Waals surface area contributed by atoms with Gasteiger partial charge in [-0.25, -0.2) is 5.84 Å². The lowest BCUT2D eigenvalue weighted by atomic mass is 10.0. The number of nitrogens with two attached hydrogens (primary N) is 1. The lowest BCUT2D eigenvalue weighted by Gasteiger charge is -2.07. The highest BCUT2D eigenvalue weighted by molar-refractivity contribution is 6.12. The molecule has 2 aromatic carbocycles. The summed E-state index contributed by atoms with van der Waals surface area (Å²) in [6.07, 6.45) is 0. The monoisotopic (exact) mass is 269 g/mol. The van der Waals surface area contributed by atoms with E-state index < -0.39 is 5.91 Å². The van der Waals surface area contributed by atoms with Gasteiger partial charge in [0, 0.05) is 11.1 Å². The predicted octanol–water partition coefficient (Wildman–Crippen LogP) is 1.45. The van der Waals surface area contributed by atoms with Crippen LogP contribution in [0.3, 0.4) is 0 Å². The highest BCUT2D eigenvalue weighted by atomic mass is 16.6. The van der Waals surface area contributed by atoms with E-state index in [-0.39, 0.29) is 6.61 Å². The Bertz CT molecular complexity index is 541. The minimum Gasteiger partial charge on any atom is -0.385 e. The zero-order chi connectivity index (χ0) is 14.2. The Balaban J connectivity index is 2.26. The van der Waals surface area contributed by atoms with Crippen LogP contribution in [0.15, 0.2) is 65.8 Å². The Kier molecular flexibility index (Phi) is 4.86. The summed E-state index contributed by atoms with van der Waals surface area (Å²) in [5, 5.41) is 4.05.